The Morgan fingerprint density at radius 1 is 1.20 bits per heavy atom. The van der Waals surface area contributed by atoms with Gasteiger partial charge in [-0.1, -0.05) is 12.1 Å². The normalized spacial score (nSPS) is 11.1. The Kier molecular flexibility index (Phi) is 3.61. The summed E-state index contributed by atoms with van der Waals surface area (Å²) < 4.78 is 37.4. The van der Waals surface area contributed by atoms with Crippen molar-refractivity contribution in [3.8, 4) is 17.3 Å². The number of anilines is 1. The van der Waals surface area contributed by atoms with Gasteiger partial charge in [-0.25, -0.2) is 0 Å². The van der Waals surface area contributed by atoms with Gasteiger partial charge in [0.1, 0.15) is 0 Å². The zero-order chi connectivity index (χ0) is 14.8. The van der Waals surface area contributed by atoms with E-state index in [9.17, 15) is 13.2 Å². The second-order valence-electron chi connectivity index (χ2n) is 4.18. The molecule has 0 fully saturated rings. The molecule has 1 heterocycles. The van der Waals surface area contributed by atoms with Gasteiger partial charge in [0.05, 0.1) is 35.6 Å². The Labute approximate surface area is 113 Å². The van der Waals surface area contributed by atoms with Crippen LogP contribution >= 0.6 is 0 Å². The van der Waals surface area contributed by atoms with Crippen molar-refractivity contribution in [1.29, 1.82) is 5.26 Å². The molecule has 20 heavy (non-hydrogen) atoms. The number of pyridine rings is 1. The number of rotatable bonds is 2. The first-order chi connectivity index (χ1) is 9.41. The standard InChI is InChI=1S/C14H10F3N3/c15-14(16,17)11-3-1-9(2-4-11)13-7-10(5-6-18)12(19)8-20-13/h1-4,7-8H,5,19H2. The lowest BCUT2D eigenvalue weighted by Gasteiger charge is -2.08. The van der Waals surface area contributed by atoms with Crippen LogP contribution < -0.4 is 5.73 Å². The first-order valence-corrected chi connectivity index (χ1v) is 5.71. The van der Waals surface area contributed by atoms with Gasteiger partial charge in [0.2, 0.25) is 0 Å². The van der Waals surface area contributed by atoms with Gasteiger partial charge in [0.15, 0.2) is 0 Å². The highest BCUT2D eigenvalue weighted by atomic mass is 19.4. The molecule has 0 saturated heterocycles. The predicted octanol–water partition coefficient (Wildman–Crippen LogP) is 3.42. The van der Waals surface area contributed by atoms with Gasteiger partial charge < -0.3 is 5.73 Å². The number of nitrogen functional groups attached to an aromatic ring is 1. The van der Waals surface area contributed by atoms with Crippen molar-refractivity contribution in [3.05, 3.63) is 47.7 Å². The SMILES string of the molecule is N#CCc1cc(-c2ccc(C(F)(F)F)cc2)ncc1N. The lowest BCUT2D eigenvalue weighted by atomic mass is 10.0. The van der Waals surface area contributed by atoms with Crippen LogP contribution in [0.15, 0.2) is 36.5 Å². The van der Waals surface area contributed by atoms with Crippen molar-refractivity contribution in [1.82, 2.24) is 4.98 Å². The van der Waals surface area contributed by atoms with Crippen molar-refractivity contribution < 1.29 is 13.2 Å². The quantitative estimate of drug-likeness (QED) is 0.914. The number of nitrogens with two attached hydrogens (primary N) is 1. The van der Waals surface area contributed by atoms with Crippen molar-refractivity contribution >= 4 is 5.69 Å². The molecule has 0 spiro atoms. The van der Waals surface area contributed by atoms with Crippen molar-refractivity contribution in [3.63, 3.8) is 0 Å². The summed E-state index contributed by atoms with van der Waals surface area (Å²) in [4.78, 5) is 4.07. The highest BCUT2D eigenvalue weighted by Gasteiger charge is 2.29. The summed E-state index contributed by atoms with van der Waals surface area (Å²) in [6.07, 6.45) is -2.83. The molecule has 0 radical (unpaired) electrons. The molecule has 2 aromatic rings. The number of alkyl halides is 3. The molecular formula is C14H10F3N3. The second-order valence-corrected chi connectivity index (χ2v) is 4.18. The molecule has 0 saturated carbocycles. The average Bonchev–Trinajstić information content (AvgIpc) is 2.41. The zero-order valence-corrected chi connectivity index (χ0v) is 10.3. The summed E-state index contributed by atoms with van der Waals surface area (Å²) in [5.74, 6) is 0. The van der Waals surface area contributed by atoms with E-state index in [-0.39, 0.29) is 6.42 Å². The van der Waals surface area contributed by atoms with Gasteiger partial charge in [-0.2, -0.15) is 18.4 Å². The molecule has 102 valence electrons. The summed E-state index contributed by atoms with van der Waals surface area (Å²) in [5.41, 5.74) is 6.98. The van der Waals surface area contributed by atoms with Crippen LogP contribution in [0.3, 0.4) is 0 Å². The molecule has 6 heteroatoms. The third kappa shape index (κ3) is 2.88. The fraction of sp³-hybridized carbons (Fsp3) is 0.143. The summed E-state index contributed by atoms with van der Waals surface area (Å²) in [6, 6.07) is 8.27. The van der Waals surface area contributed by atoms with E-state index in [1.54, 1.807) is 6.07 Å². The molecule has 0 unspecified atom stereocenters. The maximum atomic E-state index is 12.5. The Hall–Kier alpha value is -2.55. The minimum atomic E-state index is -4.36. The molecule has 2 N–H and O–H groups in total. The number of hydrogen-bond donors (Lipinski definition) is 1. The Morgan fingerprint density at radius 2 is 1.85 bits per heavy atom. The zero-order valence-electron chi connectivity index (χ0n) is 10.3. The highest BCUT2D eigenvalue weighted by Crippen LogP contribution is 2.31. The van der Waals surface area contributed by atoms with E-state index in [2.05, 4.69) is 4.98 Å². The smallest absolute Gasteiger partial charge is 0.397 e. The maximum Gasteiger partial charge on any atom is 0.416 e. The molecule has 0 aliphatic carbocycles. The molecule has 2 rings (SSSR count). The van der Waals surface area contributed by atoms with E-state index in [0.717, 1.165) is 12.1 Å². The van der Waals surface area contributed by atoms with Gasteiger partial charge in [-0.15, -0.1) is 0 Å². The van der Waals surface area contributed by atoms with E-state index in [4.69, 9.17) is 11.0 Å². The predicted molar refractivity (Wildman–Crippen MR) is 68.4 cm³/mol. The van der Waals surface area contributed by atoms with Crippen molar-refractivity contribution in [2.24, 2.45) is 0 Å². The van der Waals surface area contributed by atoms with Gasteiger partial charge in [-0.3, -0.25) is 4.98 Å². The number of nitriles is 1. The van der Waals surface area contributed by atoms with Gasteiger partial charge in [0, 0.05) is 5.56 Å². The van der Waals surface area contributed by atoms with Crippen LogP contribution in [0.1, 0.15) is 11.1 Å². The van der Waals surface area contributed by atoms with Crippen molar-refractivity contribution in [2.45, 2.75) is 12.6 Å². The lowest BCUT2D eigenvalue weighted by molar-refractivity contribution is -0.137. The molecule has 0 aliphatic rings. The molecule has 0 bridgehead atoms. The van der Waals surface area contributed by atoms with Crippen LogP contribution in [-0.2, 0) is 12.6 Å². The van der Waals surface area contributed by atoms with E-state index < -0.39 is 11.7 Å². The second kappa shape index (κ2) is 5.21. The minimum Gasteiger partial charge on any atom is -0.397 e. The first kappa shape index (κ1) is 13.9. The third-order valence-electron chi connectivity index (χ3n) is 2.80. The molecule has 3 nitrogen and oxygen atoms in total. The van der Waals surface area contributed by atoms with Gasteiger partial charge in [-0.05, 0) is 23.8 Å². The van der Waals surface area contributed by atoms with Crippen molar-refractivity contribution in [2.75, 3.05) is 5.73 Å². The molecule has 1 aromatic heterocycles. The van der Waals surface area contributed by atoms with E-state index >= 15 is 0 Å². The fourth-order valence-corrected chi connectivity index (χ4v) is 1.73. The summed E-state index contributed by atoms with van der Waals surface area (Å²) in [6.45, 7) is 0. The average molecular weight is 277 g/mol. The van der Waals surface area contributed by atoms with Crippen LogP contribution in [-0.4, -0.2) is 4.98 Å². The lowest BCUT2D eigenvalue weighted by Crippen LogP contribution is -2.04. The maximum absolute atomic E-state index is 12.5. The molecule has 0 atom stereocenters. The van der Waals surface area contributed by atoms with Crippen LogP contribution in [0.25, 0.3) is 11.3 Å². The molecular weight excluding hydrogens is 267 g/mol. The number of nitrogens with zero attached hydrogens (tertiary/aromatic N) is 2. The third-order valence-corrected chi connectivity index (χ3v) is 2.80. The number of halogens is 3. The topological polar surface area (TPSA) is 62.7 Å². The molecule has 1 aromatic carbocycles. The van der Waals surface area contributed by atoms with Crippen LogP contribution in [0.2, 0.25) is 0 Å². The number of aromatic nitrogens is 1. The van der Waals surface area contributed by atoms with Gasteiger partial charge >= 0.3 is 6.18 Å². The first-order valence-electron chi connectivity index (χ1n) is 5.71. The molecule has 0 amide bonds. The Balaban J connectivity index is 2.37. The summed E-state index contributed by atoms with van der Waals surface area (Å²) >= 11 is 0. The number of benzene rings is 1. The van der Waals surface area contributed by atoms with Crippen LogP contribution in [0.4, 0.5) is 18.9 Å². The summed E-state index contributed by atoms with van der Waals surface area (Å²) in [7, 11) is 0. The van der Waals surface area contributed by atoms with Crippen LogP contribution in [0, 0.1) is 11.3 Å². The largest absolute Gasteiger partial charge is 0.416 e. The minimum absolute atomic E-state index is 0.127. The van der Waals surface area contributed by atoms with E-state index in [1.165, 1.54) is 18.3 Å². The van der Waals surface area contributed by atoms with E-state index in [1.807, 2.05) is 6.07 Å². The Bertz CT molecular complexity index is 655. The fourth-order valence-electron chi connectivity index (χ4n) is 1.73. The molecule has 0 aliphatic heterocycles. The van der Waals surface area contributed by atoms with E-state index in [0.29, 0.717) is 22.5 Å². The number of hydrogen-bond acceptors (Lipinski definition) is 3. The monoisotopic (exact) mass is 277 g/mol. The Morgan fingerprint density at radius 3 is 2.40 bits per heavy atom. The summed E-state index contributed by atoms with van der Waals surface area (Å²) in [5, 5.41) is 8.68. The van der Waals surface area contributed by atoms with Gasteiger partial charge in [0.25, 0.3) is 0 Å². The highest BCUT2D eigenvalue weighted by molar-refractivity contribution is 5.63. The van der Waals surface area contributed by atoms with Crippen LogP contribution in [0.5, 0.6) is 0 Å².